The minimum atomic E-state index is -4.15. The number of anilines is 1. The fourth-order valence-electron chi connectivity index (χ4n) is 3.13. The Hall–Kier alpha value is -3.30. The maximum Gasteiger partial charge on any atom is 0.264 e. The van der Waals surface area contributed by atoms with Gasteiger partial charge in [-0.15, -0.1) is 0 Å². The van der Waals surface area contributed by atoms with Gasteiger partial charge in [0.2, 0.25) is 5.91 Å². The molecule has 0 atom stereocenters. The van der Waals surface area contributed by atoms with E-state index in [0.29, 0.717) is 23.1 Å². The highest BCUT2D eigenvalue weighted by molar-refractivity contribution is 7.92. The average Bonchev–Trinajstić information content (AvgIpc) is 2.83. The minimum Gasteiger partial charge on any atom is -0.494 e. The summed E-state index contributed by atoms with van der Waals surface area (Å²) < 4.78 is 52.0. The molecule has 0 saturated heterocycles. The summed E-state index contributed by atoms with van der Waals surface area (Å²) >= 11 is 6.08. The summed E-state index contributed by atoms with van der Waals surface area (Å²) in [5.41, 5.74) is 1.18. The van der Waals surface area contributed by atoms with Crippen molar-refractivity contribution in [3.8, 4) is 11.5 Å². The van der Waals surface area contributed by atoms with Gasteiger partial charge in [-0.2, -0.15) is 0 Å². The number of carbonyl (C=O) groups excluding carboxylic acids is 1. The van der Waals surface area contributed by atoms with Crippen molar-refractivity contribution in [3.63, 3.8) is 0 Å². The van der Waals surface area contributed by atoms with E-state index in [9.17, 15) is 17.6 Å². The summed E-state index contributed by atoms with van der Waals surface area (Å²) in [6, 6.07) is 16.0. The zero-order valence-electron chi connectivity index (χ0n) is 19.3. The molecule has 0 aliphatic rings. The molecule has 0 bridgehead atoms. The molecule has 0 aliphatic carbocycles. The SMILES string of the molecule is CCOc1ccc(N(CC(=O)NCCOc2ccc(C)c(Cl)c2)S(=O)(=O)c2ccc(F)cc2)cc1. The molecule has 3 aromatic carbocycles. The summed E-state index contributed by atoms with van der Waals surface area (Å²) in [5.74, 6) is 0.0252. The number of aryl methyl sites for hydroxylation is 1. The molecule has 10 heteroatoms. The lowest BCUT2D eigenvalue weighted by atomic mass is 10.2. The molecule has 186 valence electrons. The fourth-order valence-corrected chi connectivity index (χ4v) is 4.72. The Labute approximate surface area is 209 Å². The smallest absolute Gasteiger partial charge is 0.264 e. The standard InChI is InChI=1S/C25H26ClFN2O5S/c1-3-33-21-10-7-20(8-11-21)29(35(31,32)23-12-5-19(27)6-13-23)17-25(30)28-14-15-34-22-9-4-18(2)24(26)16-22/h4-13,16H,3,14-15,17H2,1-2H3,(H,28,30). The molecule has 0 aliphatic heterocycles. The van der Waals surface area contributed by atoms with Crippen molar-refractivity contribution in [1.82, 2.24) is 5.32 Å². The number of amides is 1. The molecule has 0 aromatic heterocycles. The van der Waals surface area contributed by atoms with Gasteiger partial charge in [0.25, 0.3) is 10.0 Å². The van der Waals surface area contributed by atoms with Crippen LogP contribution in [0.1, 0.15) is 12.5 Å². The Morgan fingerprint density at radius 3 is 2.29 bits per heavy atom. The lowest BCUT2D eigenvalue weighted by molar-refractivity contribution is -0.119. The molecule has 35 heavy (non-hydrogen) atoms. The molecule has 7 nitrogen and oxygen atoms in total. The third kappa shape index (κ3) is 7.10. The molecule has 0 radical (unpaired) electrons. The fraction of sp³-hybridized carbons (Fsp3) is 0.240. The van der Waals surface area contributed by atoms with Gasteiger partial charge >= 0.3 is 0 Å². The van der Waals surface area contributed by atoms with E-state index in [4.69, 9.17) is 21.1 Å². The van der Waals surface area contributed by atoms with Crippen molar-refractivity contribution in [2.24, 2.45) is 0 Å². The average molecular weight is 521 g/mol. The topological polar surface area (TPSA) is 84.9 Å². The highest BCUT2D eigenvalue weighted by Crippen LogP contribution is 2.26. The predicted octanol–water partition coefficient (Wildman–Crippen LogP) is 4.58. The summed E-state index contributed by atoms with van der Waals surface area (Å²) in [6.45, 7) is 4.00. The zero-order chi connectivity index (χ0) is 25.4. The summed E-state index contributed by atoms with van der Waals surface area (Å²) in [7, 11) is -4.15. The Balaban J connectivity index is 1.71. The second-order valence-corrected chi connectivity index (χ2v) is 9.77. The van der Waals surface area contributed by atoms with Crippen LogP contribution in [0.4, 0.5) is 10.1 Å². The highest BCUT2D eigenvalue weighted by atomic mass is 35.5. The predicted molar refractivity (Wildman–Crippen MR) is 133 cm³/mol. The van der Waals surface area contributed by atoms with Gasteiger partial charge in [-0.05, 0) is 80.1 Å². The van der Waals surface area contributed by atoms with Gasteiger partial charge in [-0.25, -0.2) is 12.8 Å². The normalized spacial score (nSPS) is 11.1. The summed E-state index contributed by atoms with van der Waals surface area (Å²) in [6.07, 6.45) is 0. The molecular weight excluding hydrogens is 495 g/mol. The second-order valence-electron chi connectivity index (χ2n) is 7.50. The third-order valence-electron chi connectivity index (χ3n) is 4.96. The summed E-state index contributed by atoms with van der Waals surface area (Å²) in [4.78, 5) is 12.5. The lowest BCUT2D eigenvalue weighted by Crippen LogP contribution is -2.41. The maximum absolute atomic E-state index is 13.4. The molecule has 0 saturated carbocycles. The van der Waals surface area contributed by atoms with E-state index in [1.165, 1.54) is 0 Å². The monoisotopic (exact) mass is 520 g/mol. The highest BCUT2D eigenvalue weighted by Gasteiger charge is 2.27. The van der Waals surface area contributed by atoms with Gasteiger partial charge < -0.3 is 14.8 Å². The number of rotatable bonds is 11. The van der Waals surface area contributed by atoms with E-state index >= 15 is 0 Å². The second kappa shape index (κ2) is 11.9. The largest absolute Gasteiger partial charge is 0.494 e. The van der Waals surface area contributed by atoms with Crippen molar-refractivity contribution in [3.05, 3.63) is 83.1 Å². The number of benzene rings is 3. The van der Waals surface area contributed by atoms with Gasteiger partial charge in [0, 0.05) is 5.02 Å². The van der Waals surface area contributed by atoms with Gasteiger partial charge in [0.15, 0.2) is 0 Å². The van der Waals surface area contributed by atoms with Crippen LogP contribution < -0.4 is 19.1 Å². The first kappa shape index (κ1) is 26.3. The van der Waals surface area contributed by atoms with E-state index in [0.717, 1.165) is 34.1 Å². The first-order valence-corrected chi connectivity index (χ1v) is 12.7. The van der Waals surface area contributed by atoms with Crippen molar-refractivity contribution in [1.29, 1.82) is 0 Å². The van der Waals surface area contributed by atoms with Crippen LogP contribution in [0.5, 0.6) is 11.5 Å². The van der Waals surface area contributed by atoms with Crippen LogP contribution in [0, 0.1) is 12.7 Å². The van der Waals surface area contributed by atoms with Crippen LogP contribution in [0.3, 0.4) is 0 Å². The number of sulfonamides is 1. The molecule has 0 unspecified atom stereocenters. The lowest BCUT2D eigenvalue weighted by Gasteiger charge is -2.24. The van der Waals surface area contributed by atoms with Gasteiger partial charge in [0.05, 0.1) is 23.7 Å². The molecule has 3 aromatic rings. The number of nitrogens with zero attached hydrogens (tertiary/aromatic N) is 1. The first-order valence-electron chi connectivity index (χ1n) is 10.9. The Morgan fingerprint density at radius 1 is 1.00 bits per heavy atom. The van der Waals surface area contributed by atoms with E-state index in [1.807, 2.05) is 19.9 Å². The van der Waals surface area contributed by atoms with Crippen molar-refractivity contribution >= 4 is 33.2 Å². The van der Waals surface area contributed by atoms with Crippen LogP contribution in [0.15, 0.2) is 71.6 Å². The number of halogens is 2. The Morgan fingerprint density at radius 2 is 1.66 bits per heavy atom. The van der Waals surface area contributed by atoms with E-state index in [1.54, 1.807) is 36.4 Å². The van der Waals surface area contributed by atoms with Gasteiger partial charge in [-0.1, -0.05) is 17.7 Å². The maximum atomic E-state index is 13.4. The number of nitrogens with one attached hydrogen (secondary N) is 1. The van der Waals surface area contributed by atoms with E-state index in [2.05, 4.69) is 5.32 Å². The Bertz CT molecular complexity index is 1250. The molecule has 0 spiro atoms. The van der Waals surface area contributed by atoms with Crippen LogP contribution in [0.2, 0.25) is 5.02 Å². The molecule has 0 heterocycles. The van der Waals surface area contributed by atoms with Crippen LogP contribution in [0.25, 0.3) is 0 Å². The molecule has 1 amide bonds. The van der Waals surface area contributed by atoms with Crippen molar-refractivity contribution in [2.75, 3.05) is 30.6 Å². The Kier molecular flexibility index (Phi) is 8.95. The number of ether oxygens (including phenoxy) is 2. The van der Waals surface area contributed by atoms with Gasteiger partial charge in [-0.3, -0.25) is 9.10 Å². The number of hydrogen-bond acceptors (Lipinski definition) is 5. The summed E-state index contributed by atoms with van der Waals surface area (Å²) in [5, 5.41) is 3.23. The number of hydrogen-bond donors (Lipinski definition) is 1. The first-order chi connectivity index (χ1) is 16.7. The van der Waals surface area contributed by atoms with E-state index < -0.39 is 28.3 Å². The quantitative estimate of drug-likeness (QED) is 0.374. The van der Waals surface area contributed by atoms with Crippen LogP contribution in [-0.2, 0) is 14.8 Å². The molecule has 3 rings (SSSR count). The van der Waals surface area contributed by atoms with Crippen molar-refractivity contribution in [2.45, 2.75) is 18.7 Å². The van der Waals surface area contributed by atoms with Gasteiger partial charge in [0.1, 0.15) is 30.5 Å². The number of carbonyl (C=O) groups is 1. The van der Waals surface area contributed by atoms with Crippen LogP contribution >= 0.6 is 11.6 Å². The molecule has 1 N–H and O–H groups in total. The molecule has 0 fully saturated rings. The van der Waals surface area contributed by atoms with Crippen molar-refractivity contribution < 1.29 is 27.1 Å². The molecular formula is C25H26ClFN2O5S. The van der Waals surface area contributed by atoms with E-state index in [-0.39, 0.29) is 23.7 Å². The zero-order valence-corrected chi connectivity index (χ0v) is 20.9. The minimum absolute atomic E-state index is 0.139. The third-order valence-corrected chi connectivity index (χ3v) is 7.16. The van der Waals surface area contributed by atoms with Crippen LogP contribution in [-0.4, -0.2) is 40.6 Å².